The standard InChI is InChI=1S/C18H19N5O3/c1-11-8-17(23-26-11)22-16-9-14(20-12(2)21-16)18(24)19-10-13-6-4-5-7-15(13)25-3/h4-9H,10H2,1-3H3,(H,19,24)(H,20,21,22,23). The molecule has 0 saturated carbocycles. The summed E-state index contributed by atoms with van der Waals surface area (Å²) in [7, 11) is 1.60. The van der Waals surface area contributed by atoms with E-state index in [1.165, 1.54) is 0 Å². The molecule has 8 heteroatoms. The third kappa shape index (κ3) is 4.15. The molecule has 0 fully saturated rings. The monoisotopic (exact) mass is 353 g/mol. The average Bonchev–Trinajstić information content (AvgIpc) is 3.04. The van der Waals surface area contributed by atoms with Crippen molar-refractivity contribution in [3.63, 3.8) is 0 Å². The normalized spacial score (nSPS) is 10.4. The highest BCUT2D eigenvalue weighted by atomic mass is 16.5. The van der Waals surface area contributed by atoms with Crippen molar-refractivity contribution in [3.05, 3.63) is 59.2 Å². The molecule has 0 bridgehead atoms. The largest absolute Gasteiger partial charge is 0.496 e. The molecule has 0 aliphatic rings. The summed E-state index contributed by atoms with van der Waals surface area (Å²) in [5, 5.41) is 9.69. The Morgan fingerprint density at radius 1 is 1.15 bits per heavy atom. The summed E-state index contributed by atoms with van der Waals surface area (Å²) in [5.74, 6) is 2.54. The second-order valence-corrected chi connectivity index (χ2v) is 5.63. The maximum Gasteiger partial charge on any atom is 0.270 e. The van der Waals surface area contributed by atoms with E-state index in [0.717, 1.165) is 11.3 Å². The van der Waals surface area contributed by atoms with Crippen molar-refractivity contribution < 1.29 is 14.1 Å². The van der Waals surface area contributed by atoms with Crippen molar-refractivity contribution in [2.24, 2.45) is 0 Å². The van der Waals surface area contributed by atoms with Gasteiger partial charge in [-0.15, -0.1) is 0 Å². The Balaban J connectivity index is 1.72. The molecule has 0 atom stereocenters. The van der Waals surface area contributed by atoms with Crippen LogP contribution in [0.25, 0.3) is 0 Å². The molecule has 0 radical (unpaired) electrons. The predicted molar refractivity (Wildman–Crippen MR) is 95.5 cm³/mol. The first-order valence-electron chi connectivity index (χ1n) is 8.01. The lowest BCUT2D eigenvalue weighted by Crippen LogP contribution is -2.24. The minimum absolute atomic E-state index is 0.259. The van der Waals surface area contributed by atoms with Crippen LogP contribution in [-0.2, 0) is 6.54 Å². The van der Waals surface area contributed by atoms with E-state index >= 15 is 0 Å². The molecule has 2 heterocycles. The number of rotatable bonds is 6. The summed E-state index contributed by atoms with van der Waals surface area (Å²) < 4.78 is 10.3. The zero-order chi connectivity index (χ0) is 18.5. The van der Waals surface area contributed by atoms with Gasteiger partial charge >= 0.3 is 0 Å². The third-order valence-electron chi connectivity index (χ3n) is 3.59. The van der Waals surface area contributed by atoms with Crippen LogP contribution in [0, 0.1) is 13.8 Å². The number of nitrogens with one attached hydrogen (secondary N) is 2. The first-order chi connectivity index (χ1) is 12.5. The molecule has 0 aliphatic carbocycles. The molecule has 0 spiro atoms. The fourth-order valence-electron chi connectivity index (χ4n) is 2.42. The van der Waals surface area contributed by atoms with Crippen LogP contribution in [0.5, 0.6) is 5.75 Å². The molecular weight excluding hydrogens is 334 g/mol. The molecule has 26 heavy (non-hydrogen) atoms. The first-order valence-corrected chi connectivity index (χ1v) is 8.01. The lowest BCUT2D eigenvalue weighted by atomic mass is 10.2. The lowest BCUT2D eigenvalue weighted by molar-refractivity contribution is 0.0945. The number of carbonyl (C=O) groups excluding carboxylic acids is 1. The van der Waals surface area contributed by atoms with Gasteiger partial charge in [-0.3, -0.25) is 4.79 Å². The number of hydrogen-bond donors (Lipinski definition) is 2. The number of methoxy groups -OCH3 is 1. The molecule has 0 unspecified atom stereocenters. The van der Waals surface area contributed by atoms with E-state index in [0.29, 0.717) is 29.8 Å². The zero-order valence-corrected chi connectivity index (χ0v) is 14.7. The summed E-state index contributed by atoms with van der Waals surface area (Å²) in [4.78, 5) is 20.9. The van der Waals surface area contributed by atoms with Crippen LogP contribution < -0.4 is 15.4 Å². The highest BCUT2D eigenvalue weighted by Crippen LogP contribution is 2.18. The Morgan fingerprint density at radius 3 is 2.69 bits per heavy atom. The number of aryl methyl sites for hydroxylation is 2. The quantitative estimate of drug-likeness (QED) is 0.702. The van der Waals surface area contributed by atoms with E-state index in [1.807, 2.05) is 24.3 Å². The van der Waals surface area contributed by atoms with Crippen LogP contribution in [0.2, 0.25) is 0 Å². The van der Waals surface area contributed by atoms with Gasteiger partial charge in [-0.25, -0.2) is 9.97 Å². The Hall–Kier alpha value is -3.42. The Kier molecular flexibility index (Phi) is 5.12. The molecule has 2 aromatic heterocycles. The van der Waals surface area contributed by atoms with Gasteiger partial charge in [0.05, 0.1) is 7.11 Å². The predicted octanol–water partition coefficient (Wildman–Crippen LogP) is 2.76. The molecule has 0 aliphatic heterocycles. The number of benzene rings is 1. The van der Waals surface area contributed by atoms with Crippen LogP contribution in [0.4, 0.5) is 11.6 Å². The summed E-state index contributed by atoms with van der Waals surface area (Å²) >= 11 is 0. The number of para-hydroxylation sites is 1. The van der Waals surface area contributed by atoms with E-state index in [-0.39, 0.29) is 11.6 Å². The van der Waals surface area contributed by atoms with Gasteiger partial charge in [0.2, 0.25) is 0 Å². The van der Waals surface area contributed by atoms with Gasteiger partial charge in [-0.2, -0.15) is 0 Å². The third-order valence-corrected chi connectivity index (χ3v) is 3.59. The van der Waals surface area contributed by atoms with Crippen molar-refractivity contribution in [2.45, 2.75) is 20.4 Å². The molecule has 3 aromatic rings. The number of ether oxygens (including phenoxy) is 1. The zero-order valence-electron chi connectivity index (χ0n) is 14.7. The summed E-state index contributed by atoms with van der Waals surface area (Å²) in [6.45, 7) is 3.84. The van der Waals surface area contributed by atoms with E-state index < -0.39 is 0 Å². The maximum absolute atomic E-state index is 12.5. The van der Waals surface area contributed by atoms with Gasteiger partial charge in [0.1, 0.15) is 28.8 Å². The van der Waals surface area contributed by atoms with Gasteiger partial charge in [-0.05, 0) is 19.9 Å². The highest BCUT2D eigenvalue weighted by molar-refractivity contribution is 5.93. The minimum Gasteiger partial charge on any atom is -0.496 e. The molecule has 2 N–H and O–H groups in total. The smallest absolute Gasteiger partial charge is 0.270 e. The molecule has 8 nitrogen and oxygen atoms in total. The van der Waals surface area contributed by atoms with Crippen LogP contribution in [-0.4, -0.2) is 28.1 Å². The molecular formula is C18H19N5O3. The van der Waals surface area contributed by atoms with Crippen molar-refractivity contribution in [1.29, 1.82) is 0 Å². The molecule has 0 saturated heterocycles. The van der Waals surface area contributed by atoms with E-state index in [9.17, 15) is 4.79 Å². The summed E-state index contributed by atoms with van der Waals surface area (Å²) in [5.41, 5.74) is 1.14. The van der Waals surface area contributed by atoms with Crippen LogP contribution in [0.15, 0.2) is 40.9 Å². The molecule has 134 valence electrons. The molecule has 3 rings (SSSR count). The van der Waals surface area contributed by atoms with Crippen molar-refractivity contribution in [1.82, 2.24) is 20.4 Å². The first kappa shape index (κ1) is 17.4. The van der Waals surface area contributed by atoms with E-state index in [2.05, 4.69) is 25.8 Å². The number of amides is 1. The maximum atomic E-state index is 12.5. The van der Waals surface area contributed by atoms with Crippen molar-refractivity contribution >= 4 is 17.5 Å². The molecule has 1 aromatic carbocycles. The Labute approximate surface area is 150 Å². The highest BCUT2D eigenvalue weighted by Gasteiger charge is 2.12. The number of aromatic nitrogens is 3. The van der Waals surface area contributed by atoms with Crippen molar-refractivity contribution in [3.8, 4) is 5.75 Å². The second kappa shape index (κ2) is 7.64. The van der Waals surface area contributed by atoms with Crippen LogP contribution in [0.3, 0.4) is 0 Å². The van der Waals surface area contributed by atoms with Gasteiger partial charge in [0.25, 0.3) is 5.91 Å². The van der Waals surface area contributed by atoms with Gasteiger partial charge in [0, 0.05) is 24.2 Å². The van der Waals surface area contributed by atoms with E-state index in [4.69, 9.17) is 9.26 Å². The number of carbonyl (C=O) groups is 1. The number of hydrogen-bond acceptors (Lipinski definition) is 7. The van der Waals surface area contributed by atoms with Crippen molar-refractivity contribution in [2.75, 3.05) is 12.4 Å². The lowest BCUT2D eigenvalue weighted by Gasteiger charge is -2.10. The van der Waals surface area contributed by atoms with Gasteiger partial charge in [-0.1, -0.05) is 23.4 Å². The summed E-state index contributed by atoms with van der Waals surface area (Å²) in [6.07, 6.45) is 0. The average molecular weight is 353 g/mol. The Morgan fingerprint density at radius 2 is 1.96 bits per heavy atom. The topological polar surface area (TPSA) is 102 Å². The minimum atomic E-state index is -0.305. The van der Waals surface area contributed by atoms with Gasteiger partial charge in [0.15, 0.2) is 5.82 Å². The number of anilines is 2. The second-order valence-electron chi connectivity index (χ2n) is 5.63. The SMILES string of the molecule is COc1ccccc1CNC(=O)c1cc(Nc2cc(C)on2)nc(C)n1. The number of nitrogens with zero attached hydrogens (tertiary/aromatic N) is 3. The molecule has 1 amide bonds. The van der Waals surface area contributed by atoms with Crippen LogP contribution in [0.1, 0.15) is 27.6 Å². The fourth-order valence-corrected chi connectivity index (χ4v) is 2.42. The van der Waals surface area contributed by atoms with Crippen LogP contribution >= 0.6 is 0 Å². The fraction of sp³-hybridized carbons (Fsp3) is 0.222. The Bertz CT molecular complexity index is 923. The summed E-state index contributed by atoms with van der Waals surface area (Å²) in [6, 6.07) is 10.8. The van der Waals surface area contributed by atoms with E-state index in [1.54, 1.807) is 33.1 Å². The van der Waals surface area contributed by atoms with Gasteiger partial charge < -0.3 is 19.9 Å².